The van der Waals surface area contributed by atoms with Crippen LogP contribution in [-0.2, 0) is 12.8 Å². The molecule has 1 aliphatic carbocycles. The van der Waals surface area contributed by atoms with Gasteiger partial charge in [0, 0.05) is 18.5 Å². The van der Waals surface area contributed by atoms with Gasteiger partial charge in [-0.3, -0.25) is 0 Å². The predicted octanol–water partition coefficient (Wildman–Crippen LogP) is 3.90. The number of likely N-dealkylation sites (tertiary alicyclic amines) is 1. The highest BCUT2D eigenvalue weighted by Gasteiger charge is 2.42. The molecule has 2 heteroatoms. The summed E-state index contributed by atoms with van der Waals surface area (Å²) in [6.07, 6.45) is 3.68. The maximum Gasteiger partial charge on any atom is 0.119 e. The maximum atomic E-state index is 5.39. The lowest BCUT2D eigenvalue weighted by Crippen LogP contribution is -2.32. The lowest BCUT2D eigenvalue weighted by atomic mass is 9.74. The van der Waals surface area contributed by atoms with Gasteiger partial charge in [-0.25, -0.2) is 0 Å². The Labute approximate surface area is 139 Å². The Balaban J connectivity index is 1.59. The highest BCUT2D eigenvalue weighted by molar-refractivity contribution is 5.36. The standard InChI is InChI=1S/C21H25NO/c1-22-14-20-18-9-4-3-7-16(18)10-11-19(20)21(22)13-15-6-5-8-17(12-15)23-2/h3-9,12,19-21H,10-11,13-14H2,1-2H3. The minimum atomic E-state index is 0.639. The molecule has 0 bridgehead atoms. The fourth-order valence-corrected chi connectivity index (χ4v) is 4.69. The Morgan fingerprint density at radius 2 is 2.00 bits per heavy atom. The third-order valence-electron chi connectivity index (χ3n) is 5.84. The molecule has 1 aliphatic heterocycles. The van der Waals surface area contributed by atoms with Gasteiger partial charge in [0.05, 0.1) is 7.11 Å². The van der Waals surface area contributed by atoms with E-state index < -0.39 is 0 Å². The van der Waals surface area contributed by atoms with E-state index in [4.69, 9.17) is 4.74 Å². The van der Waals surface area contributed by atoms with E-state index in [-0.39, 0.29) is 0 Å². The van der Waals surface area contributed by atoms with E-state index in [9.17, 15) is 0 Å². The van der Waals surface area contributed by atoms with Crippen LogP contribution in [0.4, 0.5) is 0 Å². The van der Waals surface area contributed by atoms with Gasteiger partial charge in [0.1, 0.15) is 5.75 Å². The van der Waals surface area contributed by atoms with Gasteiger partial charge in [-0.05, 0) is 61.1 Å². The summed E-state index contributed by atoms with van der Waals surface area (Å²) in [7, 11) is 4.04. The average molecular weight is 307 g/mol. The number of hydrogen-bond donors (Lipinski definition) is 0. The SMILES string of the molecule is COc1cccc(CC2C3CCc4ccccc4C3CN2C)c1. The maximum absolute atomic E-state index is 5.39. The largest absolute Gasteiger partial charge is 0.497 e. The third-order valence-corrected chi connectivity index (χ3v) is 5.84. The van der Waals surface area contributed by atoms with Crippen LogP contribution in [0.25, 0.3) is 0 Å². The molecular weight excluding hydrogens is 282 g/mol. The van der Waals surface area contributed by atoms with Crippen LogP contribution in [0, 0.1) is 5.92 Å². The first-order chi connectivity index (χ1) is 11.3. The molecule has 1 heterocycles. The number of benzene rings is 2. The van der Waals surface area contributed by atoms with Crippen molar-refractivity contribution in [1.82, 2.24) is 4.90 Å². The molecule has 2 aliphatic rings. The third kappa shape index (κ3) is 2.66. The number of hydrogen-bond acceptors (Lipinski definition) is 2. The van der Waals surface area contributed by atoms with E-state index in [0.717, 1.165) is 18.1 Å². The van der Waals surface area contributed by atoms with Gasteiger partial charge < -0.3 is 9.64 Å². The van der Waals surface area contributed by atoms with Crippen LogP contribution >= 0.6 is 0 Å². The van der Waals surface area contributed by atoms with E-state index in [0.29, 0.717) is 12.0 Å². The average Bonchev–Trinajstić information content (AvgIpc) is 2.91. The molecule has 23 heavy (non-hydrogen) atoms. The van der Waals surface area contributed by atoms with Gasteiger partial charge in [-0.15, -0.1) is 0 Å². The van der Waals surface area contributed by atoms with E-state index in [1.807, 2.05) is 6.07 Å². The van der Waals surface area contributed by atoms with E-state index >= 15 is 0 Å². The Bertz CT molecular complexity index is 696. The van der Waals surface area contributed by atoms with E-state index in [1.54, 1.807) is 18.2 Å². The number of likely N-dealkylation sites (N-methyl/N-ethyl adjacent to an activating group) is 1. The van der Waals surface area contributed by atoms with Crippen LogP contribution in [0.3, 0.4) is 0 Å². The van der Waals surface area contributed by atoms with Gasteiger partial charge in [0.2, 0.25) is 0 Å². The molecule has 0 N–H and O–H groups in total. The fraction of sp³-hybridized carbons (Fsp3) is 0.429. The summed E-state index contributed by atoms with van der Waals surface area (Å²) in [5.74, 6) is 2.45. The van der Waals surface area contributed by atoms with Crippen molar-refractivity contribution in [3.63, 3.8) is 0 Å². The predicted molar refractivity (Wildman–Crippen MR) is 94.1 cm³/mol. The summed E-state index contributed by atoms with van der Waals surface area (Å²) in [5, 5.41) is 0. The fourth-order valence-electron chi connectivity index (χ4n) is 4.69. The number of ether oxygens (including phenoxy) is 1. The summed E-state index contributed by atoms with van der Waals surface area (Å²) < 4.78 is 5.39. The summed E-state index contributed by atoms with van der Waals surface area (Å²) in [6, 6.07) is 18.3. The quantitative estimate of drug-likeness (QED) is 0.853. The monoisotopic (exact) mass is 307 g/mol. The van der Waals surface area contributed by atoms with Crippen molar-refractivity contribution < 1.29 is 4.74 Å². The first-order valence-corrected chi connectivity index (χ1v) is 8.67. The second kappa shape index (κ2) is 6.01. The van der Waals surface area contributed by atoms with E-state index in [1.165, 1.54) is 24.9 Å². The summed E-state index contributed by atoms with van der Waals surface area (Å²) in [4.78, 5) is 2.58. The molecule has 0 aromatic heterocycles. The summed E-state index contributed by atoms with van der Waals surface area (Å²) in [6.45, 7) is 1.19. The van der Waals surface area contributed by atoms with Crippen LogP contribution < -0.4 is 4.74 Å². The minimum absolute atomic E-state index is 0.639. The molecule has 0 saturated carbocycles. The topological polar surface area (TPSA) is 12.5 Å². The molecule has 2 nitrogen and oxygen atoms in total. The number of rotatable bonds is 3. The van der Waals surface area contributed by atoms with Crippen molar-refractivity contribution in [3.8, 4) is 5.75 Å². The number of fused-ring (bicyclic) bond motifs is 3. The Kier molecular flexibility index (Phi) is 3.86. The van der Waals surface area contributed by atoms with Crippen molar-refractivity contribution in [1.29, 1.82) is 0 Å². The van der Waals surface area contributed by atoms with Gasteiger partial charge in [-0.2, -0.15) is 0 Å². The van der Waals surface area contributed by atoms with Crippen LogP contribution in [0.15, 0.2) is 48.5 Å². The van der Waals surface area contributed by atoms with Crippen LogP contribution in [-0.4, -0.2) is 31.6 Å². The van der Waals surface area contributed by atoms with Crippen LogP contribution in [0.1, 0.15) is 29.0 Å². The lowest BCUT2D eigenvalue weighted by molar-refractivity contribution is 0.259. The smallest absolute Gasteiger partial charge is 0.119 e. The molecule has 3 atom stereocenters. The van der Waals surface area contributed by atoms with Gasteiger partial charge in [0.25, 0.3) is 0 Å². The summed E-state index contributed by atoms with van der Waals surface area (Å²) in [5.41, 5.74) is 4.56. The minimum Gasteiger partial charge on any atom is -0.497 e. The first-order valence-electron chi connectivity index (χ1n) is 8.67. The highest BCUT2D eigenvalue weighted by Crippen LogP contribution is 2.45. The molecule has 3 unspecified atom stereocenters. The number of aryl methyl sites for hydroxylation is 1. The van der Waals surface area contributed by atoms with Crippen LogP contribution in [0.2, 0.25) is 0 Å². The normalized spacial score (nSPS) is 26.6. The summed E-state index contributed by atoms with van der Waals surface area (Å²) >= 11 is 0. The number of nitrogens with zero attached hydrogens (tertiary/aromatic N) is 1. The first kappa shape index (κ1) is 14.8. The van der Waals surface area contributed by atoms with Crippen molar-refractivity contribution in [3.05, 3.63) is 65.2 Å². The van der Waals surface area contributed by atoms with Crippen LogP contribution in [0.5, 0.6) is 5.75 Å². The zero-order valence-electron chi connectivity index (χ0n) is 14.0. The second-order valence-electron chi connectivity index (χ2n) is 7.07. The van der Waals surface area contributed by atoms with Gasteiger partial charge >= 0.3 is 0 Å². The molecule has 0 spiro atoms. The molecule has 120 valence electrons. The Hall–Kier alpha value is -1.80. The van der Waals surface area contributed by atoms with Gasteiger partial charge in [-0.1, -0.05) is 36.4 Å². The molecule has 4 rings (SSSR count). The zero-order valence-corrected chi connectivity index (χ0v) is 14.0. The van der Waals surface area contributed by atoms with Crippen molar-refractivity contribution in [2.75, 3.05) is 20.7 Å². The number of methoxy groups -OCH3 is 1. The van der Waals surface area contributed by atoms with Crippen molar-refractivity contribution in [2.24, 2.45) is 5.92 Å². The highest BCUT2D eigenvalue weighted by atomic mass is 16.5. The zero-order chi connectivity index (χ0) is 15.8. The molecule has 1 saturated heterocycles. The molecule has 1 fully saturated rings. The lowest BCUT2D eigenvalue weighted by Gasteiger charge is -2.31. The second-order valence-corrected chi connectivity index (χ2v) is 7.07. The molecular formula is C21H25NO. The molecule has 0 radical (unpaired) electrons. The molecule has 0 amide bonds. The Morgan fingerprint density at radius 1 is 1.13 bits per heavy atom. The van der Waals surface area contributed by atoms with Gasteiger partial charge in [0.15, 0.2) is 0 Å². The molecule has 2 aromatic rings. The van der Waals surface area contributed by atoms with E-state index in [2.05, 4.69) is 54.4 Å². The van der Waals surface area contributed by atoms with Crippen molar-refractivity contribution in [2.45, 2.75) is 31.2 Å². The molecule has 2 aromatic carbocycles. The van der Waals surface area contributed by atoms with Crippen molar-refractivity contribution >= 4 is 0 Å². The Morgan fingerprint density at radius 3 is 2.87 bits per heavy atom.